The zero-order valence-corrected chi connectivity index (χ0v) is 18.8. The Balaban J connectivity index is 2.12. The molecule has 3 rings (SSSR count). The fraction of sp³-hybridized carbons (Fsp3) is 0.565. The number of aromatic nitrogens is 1. The number of primary amides is 1. The average Bonchev–Trinajstić information content (AvgIpc) is 3.21. The van der Waals surface area contributed by atoms with Crippen LogP contribution in [-0.2, 0) is 14.3 Å². The number of rotatable bonds is 9. The fourth-order valence-corrected chi connectivity index (χ4v) is 4.34. The Morgan fingerprint density at radius 3 is 2.50 bits per heavy atom. The number of ether oxygens (including phenoxy) is 2. The maximum absolute atomic E-state index is 13.9. The van der Waals surface area contributed by atoms with E-state index < -0.39 is 23.4 Å². The molecule has 32 heavy (non-hydrogen) atoms. The lowest BCUT2D eigenvalue weighted by Crippen LogP contribution is -2.59. The predicted octanol–water partition coefficient (Wildman–Crippen LogP) is 3.17. The van der Waals surface area contributed by atoms with E-state index in [-0.39, 0.29) is 24.1 Å². The minimum absolute atomic E-state index is 0.128. The van der Waals surface area contributed by atoms with Crippen LogP contribution < -0.4 is 5.73 Å². The smallest absolute Gasteiger partial charge is 0.405 e. The number of Topliss-reactive ketones (excluding diaryl/α,β-unsaturated/α-hetero) is 1. The summed E-state index contributed by atoms with van der Waals surface area (Å²) in [6.07, 6.45) is 0.272. The van der Waals surface area contributed by atoms with E-state index in [0.717, 1.165) is 6.42 Å². The number of fused-ring (bicyclic) bond motifs is 1. The molecule has 0 aliphatic carbocycles. The van der Waals surface area contributed by atoms with Crippen LogP contribution in [0.1, 0.15) is 50.7 Å². The van der Waals surface area contributed by atoms with E-state index in [4.69, 9.17) is 19.6 Å². The molecule has 2 heterocycles. The second-order valence-corrected chi connectivity index (χ2v) is 8.39. The van der Waals surface area contributed by atoms with Gasteiger partial charge in [0.1, 0.15) is 5.52 Å². The monoisotopic (exact) mass is 445 g/mol. The molecule has 0 spiro atoms. The van der Waals surface area contributed by atoms with E-state index in [1.54, 1.807) is 29.2 Å². The largest absolute Gasteiger partial charge is 0.434 e. The van der Waals surface area contributed by atoms with Crippen LogP contribution in [0.3, 0.4) is 0 Å². The average molecular weight is 446 g/mol. The number of para-hydroxylation sites is 2. The summed E-state index contributed by atoms with van der Waals surface area (Å²) in [6.45, 7) is 7.23. The highest BCUT2D eigenvalue weighted by molar-refractivity contribution is 6.04. The van der Waals surface area contributed by atoms with E-state index in [9.17, 15) is 14.4 Å². The van der Waals surface area contributed by atoms with E-state index in [0.29, 0.717) is 43.8 Å². The van der Waals surface area contributed by atoms with Crippen molar-refractivity contribution in [1.82, 2.24) is 9.88 Å². The molecule has 1 saturated heterocycles. The molecule has 1 aliphatic rings. The Morgan fingerprint density at radius 1 is 1.22 bits per heavy atom. The van der Waals surface area contributed by atoms with Gasteiger partial charge in [0.25, 0.3) is 11.7 Å². The lowest BCUT2D eigenvalue weighted by atomic mass is 9.72. The number of oxazole rings is 1. The number of carbonyl (C=O) groups excluding carboxylic acids is 3. The molecule has 9 nitrogen and oxygen atoms in total. The molecule has 0 radical (unpaired) electrons. The highest BCUT2D eigenvalue weighted by atomic mass is 16.6. The predicted molar refractivity (Wildman–Crippen MR) is 117 cm³/mol. The maximum Gasteiger partial charge on any atom is 0.405 e. The van der Waals surface area contributed by atoms with Crippen LogP contribution in [-0.4, -0.2) is 59.6 Å². The van der Waals surface area contributed by atoms with Crippen molar-refractivity contribution in [3.63, 3.8) is 0 Å². The van der Waals surface area contributed by atoms with Crippen molar-refractivity contribution < 1.29 is 28.3 Å². The third kappa shape index (κ3) is 4.77. The molecule has 2 N–H and O–H groups in total. The molecule has 1 aromatic heterocycles. The molecule has 2 atom stereocenters. The summed E-state index contributed by atoms with van der Waals surface area (Å²) >= 11 is 0. The fourth-order valence-electron chi connectivity index (χ4n) is 4.34. The Hall–Kier alpha value is -2.94. The Labute approximate surface area is 187 Å². The Morgan fingerprint density at radius 2 is 1.91 bits per heavy atom. The first kappa shape index (κ1) is 23.7. The van der Waals surface area contributed by atoms with Gasteiger partial charge in [0.2, 0.25) is 5.91 Å². The molecule has 1 aliphatic heterocycles. The molecule has 0 saturated carbocycles. The SMILES string of the molecule is CCCCC(OC(N)=O)(C(=O)c1nc2ccccc2o1)C(C(=O)N1CCOCC1)C(C)C. The Kier molecular flexibility index (Phi) is 7.50. The van der Waals surface area contributed by atoms with Crippen LogP contribution in [0.25, 0.3) is 11.1 Å². The third-order valence-electron chi connectivity index (χ3n) is 5.81. The molecule has 2 aromatic rings. The van der Waals surface area contributed by atoms with Crippen molar-refractivity contribution in [2.45, 2.75) is 45.6 Å². The van der Waals surface area contributed by atoms with Crippen LogP contribution in [0.2, 0.25) is 0 Å². The summed E-state index contributed by atoms with van der Waals surface area (Å²) in [6, 6.07) is 6.96. The molecule has 1 fully saturated rings. The van der Waals surface area contributed by atoms with Crippen LogP contribution in [0.5, 0.6) is 0 Å². The minimum Gasteiger partial charge on any atom is -0.434 e. The molecular weight excluding hydrogens is 414 g/mol. The number of nitrogens with zero attached hydrogens (tertiary/aromatic N) is 2. The number of carbonyl (C=O) groups is 3. The van der Waals surface area contributed by atoms with Crippen LogP contribution in [0.15, 0.2) is 28.7 Å². The highest BCUT2D eigenvalue weighted by Crippen LogP contribution is 2.38. The van der Waals surface area contributed by atoms with E-state index in [1.165, 1.54) is 0 Å². The highest BCUT2D eigenvalue weighted by Gasteiger charge is 2.56. The number of amides is 2. The van der Waals surface area contributed by atoms with Gasteiger partial charge in [0, 0.05) is 13.1 Å². The lowest BCUT2D eigenvalue weighted by Gasteiger charge is -2.41. The van der Waals surface area contributed by atoms with Gasteiger partial charge >= 0.3 is 6.09 Å². The van der Waals surface area contributed by atoms with Gasteiger partial charge in [0.05, 0.1) is 19.1 Å². The number of morpholine rings is 1. The molecule has 1 aromatic carbocycles. The van der Waals surface area contributed by atoms with Crippen LogP contribution in [0.4, 0.5) is 4.79 Å². The molecular formula is C23H31N3O6. The third-order valence-corrected chi connectivity index (χ3v) is 5.81. The number of benzene rings is 1. The van der Waals surface area contributed by atoms with Gasteiger partial charge in [-0.3, -0.25) is 9.59 Å². The van der Waals surface area contributed by atoms with Crippen molar-refractivity contribution in [2.75, 3.05) is 26.3 Å². The molecule has 2 amide bonds. The summed E-state index contributed by atoms with van der Waals surface area (Å²) in [5.74, 6) is -2.41. The first-order chi connectivity index (χ1) is 15.3. The number of hydrogen-bond donors (Lipinski definition) is 1. The van der Waals surface area contributed by atoms with Gasteiger partial charge in [-0.05, 0) is 30.9 Å². The van der Waals surface area contributed by atoms with Gasteiger partial charge in [-0.1, -0.05) is 39.3 Å². The summed E-state index contributed by atoms with van der Waals surface area (Å²) in [7, 11) is 0. The molecule has 2 unspecified atom stereocenters. The van der Waals surface area contributed by atoms with Gasteiger partial charge < -0.3 is 24.5 Å². The lowest BCUT2D eigenvalue weighted by molar-refractivity contribution is -0.150. The summed E-state index contributed by atoms with van der Waals surface area (Å²) < 4.78 is 16.7. The number of unbranched alkanes of at least 4 members (excludes halogenated alkanes) is 1. The van der Waals surface area contributed by atoms with Crippen molar-refractivity contribution in [3.05, 3.63) is 30.2 Å². The molecule has 9 heteroatoms. The van der Waals surface area contributed by atoms with E-state index >= 15 is 0 Å². The van der Waals surface area contributed by atoms with Crippen molar-refractivity contribution >= 4 is 28.9 Å². The first-order valence-electron chi connectivity index (χ1n) is 11.1. The first-order valence-corrected chi connectivity index (χ1v) is 11.1. The van der Waals surface area contributed by atoms with Crippen molar-refractivity contribution in [3.8, 4) is 0 Å². The topological polar surface area (TPSA) is 125 Å². The summed E-state index contributed by atoms with van der Waals surface area (Å²) in [4.78, 5) is 45.6. The zero-order valence-electron chi connectivity index (χ0n) is 18.8. The van der Waals surface area contributed by atoms with Crippen molar-refractivity contribution in [1.29, 1.82) is 0 Å². The summed E-state index contributed by atoms with van der Waals surface area (Å²) in [5, 5.41) is 0. The number of hydrogen-bond acceptors (Lipinski definition) is 7. The standard InChI is InChI=1S/C23H31N3O6/c1-4-5-10-23(32-22(24)29,18(15(2)3)21(28)26-11-13-30-14-12-26)19(27)20-25-16-8-6-7-9-17(16)31-20/h6-9,15,18H,4-5,10-14H2,1-3H3,(H2,24,29). The molecule has 0 bridgehead atoms. The van der Waals surface area contributed by atoms with Crippen molar-refractivity contribution in [2.24, 2.45) is 17.6 Å². The van der Waals surface area contributed by atoms with Gasteiger partial charge in [-0.25, -0.2) is 9.78 Å². The second-order valence-electron chi connectivity index (χ2n) is 8.39. The molecule has 174 valence electrons. The zero-order chi connectivity index (χ0) is 23.3. The van der Waals surface area contributed by atoms with Gasteiger partial charge in [-0.2, -0.15) is 0 Å². The van der Waals surface area contributed by atoms with E-state index in [1.807, 2.05) is 20.8 Å². The van der Waals surface area contributed by atoms with Crippen LogP contribution >= 0.6 is 0 Å². The summed E-state index contributed by atoms with van der Waals surface area (Å²) in [5.41, 5.74) is 4.55. The second kappa shape index (κ2) is 10.1. The minimum atomic E-state index is -1.83. The number of ketones is 1. The van der Waals surface area contributed by atoms with Crippen LogP contribution in [0, 0.1) is 11.8 Å². The Bertz CT molecular complexity index is 933. The van der Waals surface area contributed by atoms with Gasteiger partial charge in [0.15, 0.2) is 11.2 Å². The number of nitrogens with two attached hydrogens (primary N) is 1. The van der Waals surface area contributed by atoms with Gasteiger partial charge in [-0.15, -0.1) is 0 Å². The normalized spacial score (nSPS) is 17.2. The quantitative estimate of drug-likeness (QED) is 0.588. The van der Waals surface area contributed by atoms with E-state index in [2.05, 4.69) is 4.98 Å². The maximum atomic E-state index is 13.9.